The van der Waals surface area contributed by atoms with Crippen molar-refractivity contribution in [2.75, 3.05) is 0 Å². The first-order chi connectivity index (χ1) is 15.6. The number of ketones is 1. The minimum Gasteiger partial charge on any atom is -0.618 e. The number of nitrogens with zero attached hydrogens (tertiary/aromatic N) is 3. The number of rotatable bonds is 5. The Kier molecular flexibility index (Phi) is 6.10. The van der Waals surface area contributed by atoms with Gasteiger partial charge in [0.25, 0.3) is 5.69 Å². The molecule has 32 heavy (non-hydrogen) atoms. The van der Waals surface area contributed by atoms with Gasteiger partial charge in [0.15, 0.2) is 6.20 Å². The van der Waals surface area contributed by atoms with Crippen LogP contribution in [-0.2, 0) is 6.42 Å². The average Bonchev–Trinajstić information content (AvgIpc) is 2.84. The molecule has 0 spiro atoms. The molecule has 1 heterocycles. The highest BCUT2D eigenvalue weighted by atomic mass is 16.5. The van der Waals surface area contributed by atoms with E-state index in [0.29, 0.717) is 16.7 Å². The molecule has 4 rings (SSSR count). The number of aryl methyl sites for hydroxylation is 1. The molecule has 0 saturated heterocycles. The lowest BCUT2D eigenvalue weighted by Gasteiger charge is -2.34. The van der Waals surface area contributed by atoms with Gasteiger partial charge in [-0.1, -0.05) is 54.6 Å². The number of nitriles is 2. The highest BCUT2D eigenvalue weighted by Crippen LogP contribution is 2.46. The molecule has 3 aromatic rings. The molecule has 0 unspecified atom stereocenters. The van der Waals surface area contributed by atoms with E-state index in [1.165, 1.54) is 12.3 Å². The van der Waals surface area contributed by atoms with Crippen LogP contribution in [0.1, 0.15) is 45.9 Å². The lowest BCUT2D eigenvalue weighted by atomic mass is 9.68. The summed E-state index contributed by atoms with van der Waals surface area (Å²) in [6.07, 6.45) is 2.92. The van der Waals surface area contributed by atoms with Crippen molar-refractivity contribution in [3.05, 3.63) is 112 Å². The van der Waals surface area contributed by atoms with E-state index >= 15 is 0 Å². The molecule has 1 aromatic heterocycles. The number of benzene rings is 2. The van der Waals surface area contributed by atoms with Crippen LogP contribution in [0.4, 0.5) is 0 Å². The quantitative estimate of drug-likeness (QED) is 0.258. The van der Waals surface area contributed by atoms with Gasteiger partial charge in [0.2, 0.25) is 5.78 Å². The summed E-state index contributed by atoms with van der Waals surface area (Å²) in [5, 5.41) is 31.6. The number of carbonyl (C=O) groups is 1. The fourth-order valence-corrected chi connectivity index (χ4v) is 4.67. The van der Waals surface area contributed by atoms with Crippen molar-refractivity contribution in [3.63, 3.8) is 0 Å². The second-order valence-electron chi connectivity index (χ2n) is 7.87. The lowest BCUT2D eigenvalue weighted by molar-refractivity contribution is -0.607. The maximum atomic E-state index is 13.2. The van der Waals surface area contributed by atoms with Crippen LogP contribution in [0.2, 0.25) is 0 Å². The predicted molar refractivity (Wildman–Crippen MR) is 120 cm³/mol. The van der Waals surface area contributed by atoms with Gasteiger partial charge in [-0.15, -0.1) is 0 Å². The minimum absolute atomic E-state index is 0.0779. The second-order valence-corrected chi connectivity index (χ2v) is 7.87. The van der Waals surface area contributed by atoms with Crippen LogP contribution >= 0.6 is 0 Å². The van der Waals surface area contributed by atoms with Gasteiger partial charge in [-0.2, -0.15) is 15.3 Å². The maximum Gasteiger partial charge on any atom is 0.259 e. The largest absolute Gasteiger partial charge is 0.618 e. The highest BCUT2D eigenvalue weighted by molar-refractivity contribution is 5.94. The first-order valence-corrected chi connectivity index (χ1v) is 10.5. The van der Waals surface area contributed by atoms with E-state index in [0.717, 1.165) is 23.1 Å². The third kappa shape index (κ3) is 4.02. The minimum atomic E-state index is -0.274. The van der Waals surface area contributed by atoms with E-state index < -0.39 is 0 Å². The Morgan fingerprint density at radius 2 is 1.69 bits per heavy atom. The number of fused-ring (bicyclic) bond motifs is 1. The smallest absolute Gasteiger partial charge is 0.259 e. The number of allylic oxidation sites excluding steroid dienone is 2. The summed E-state index contributed by atoms with van der Waals surface area (Å²) >= 11 is 0. The molecule has 1 aliphatic rings. The molecule has 0 radical (unpaired) electrons. The number of aromatic nitrogens is 1. The number of pyridine rings is 1. The Labute approximate surface area is 187 Å². The number of carbonyl (C=O) groups excluding carboxylic acids is 1. The summed E-state index contributed by atoms with van der Waals surface area (Å²) in [5.41, 5.74) is 3.81. The lowest BCUT2D eigenvalue weighted by Crippen LogP contribution is -2.35. The molecule has 2 aromatic carbocycles. The number of hydrogen-bond acceptors (Lipinski definition) is 4. The topological polar surface area (TPSA) is 91.6 Å². The van der Waals surface area contributed by atoms with Crippen molar-refractivity contribution < 1.29 is 9.52 Å². The summed E-state index contributed by atoms with van der Waals surface area (Å²) in [6, 6.07) is 26.4. The first-order valence-electron chi connectivity index (χ1n) is 10.5. The standard InChI is InChI=1S/C27H21N3O2/c28-17-21(18-29)27-22-11-5-4-10-20(22)13-14-23(27)24(19-8-2-1-3-9-19)16-26(31)25-12-6-7-15-30(25)32/h1-12,15,23-24H,13-14,16H2/t23-,24-/m1/s1. The van der Waals surface area contributed by atoms with Gasteiger partial charge in [0, 0.05) is 18.6 Å². The van der Waals surface area contributed by atoms with Crippen LogP contribution < -0.4 is 4.73 Å². The molecule has 5 heteroatoms. The first kappa shape index (κ1) is 21.0. The van der Waals surface area contributed by atoms with Crippen molar-refractivity contribution in [3.8, 4) is 12.1 Å². The molecule has 0 aliphatic heterocycles. The zero-order chi connectivity index (χ0) is 22.5. The highest BCUT2D eigenvalue weighted by Gasteiger charge is 2.36. The Balaban J connectivity index is 1.83. The summed E-state index contributed by atoms with van der Waals surface area (Å²) in [4.78, 5) is 13.2. The third-order valence-corrected chi connectivity index (χ3v) is 6.12. The second kappa shape index (κ2) is 9.29. The summed E-state index contributed by atoms with van der Waals surface area (Å²) in [6.45, 7) is 0. The third-order valence-electron chi connectivity index (χ3n) is 6.12. The molecule has 0 saturated carbocycles. The van der Waals surface area contributed by atoms with E-state index in [2.05, 4.69) is 12.1 Å². The van der Waals surface area contributed by atoms with Crippen LogP contribution in [0.3, 0.4) is 0 Å². The zero-order valence-electron chi connectivity index (χ0n) is 17.4. The molecular formula is C27H21N3O2. The monoisotopic (exact) mass is 419 g/mol. The Hall–Kier alpha value is -4.22. The van der Waals surface area contributed by atoms with Crippen LogP contribution in [-0.4, -0.2) is 5.78 Å². The Morgan fingerprint density at radius 3 is 2.41 bits per heavy atom. The Morgan fingerprint density at radius 1 is 1.00 bits per heavy atom. The SMILES string of the molecule is N#CC(C#N)=C1c2ccccc2CC[C@@H]1[C@H](CC(=O)c1cccc[n+]1[O-])c1ccccc1. The van der Waals surface area contributed by atoms with Gasteiger partial charge in [-0.25, -0.2) is 0 Å². The molecule has 2 atom stereocenters. The van der Waals surface area contributed by atoms with Crippen molar-refractivity contribution in [1.29, 1.82) is 10.5 Å². The molecule has 1 aliphatic carbocycles. The van der Waals surface area contributed by atoms with Crippen molar-refractivity contribution in [2.24, 2.45) is 5.92 Å². The van der Waals surface area contributed by atoms with Crippen LogP contribution in [0.5, 0.6) is 0 Å². The van der Waals surface area contributed by atoms with Crippen LogP contribution in [0.25, 0.3) is 5.57 Å². The van der Waals surface area contributed by atoms with Gasteiger partial charge in [-0.3, -0.25) is 4.79 Å². The van der Waals surface area contributed by atoms with E-state index in [4.69, 9.17) is 0 Å². The molecule has 5 nitrogen and oxygen atoms in total. The van der Waals surface area contributed by atoms with Gasteiger partial charge < -0.3 is 5.21 Å². The Bertz CT molecular complexity index is 1250. The molecule has 0 bridgehead atoms. The summed E-state index contributed by atoms with van der Waals surface area (Å²) < 4.78 is 0.591. The van der Waals surface area contributed by atoms with E-state index in [1.54, 1.807) is 12.1 Å². The summed E-state index contributed by atoms with van der Waals surface area (Å²) in [5.74, 6) is -0.735. The van der Waals surface area contributed by atoms with Gasteiger partial charge in [0.1, 0.15) is 17.7 Å². The summed E-state index contributed by atoms with van der Waals surface area (Å²) in [7, 11) is 0. The van der Waals surface area contributed by atoms with Crippen LogP contribution in [0.15, 0.2) is 84.6 Å². The van der Waals surface area contributed by atoms with Gasteiger partial charge >= 0.3 is 0 Å². The van der Waals surface area contributed by atoms with E-state index in [9.17, 15) is 20.5 Å². The average molecular weight is 419 g/mol. The van der Waals surface area contributed by atoms with Crippen LogP contribution in [0, 0.1) is 33.8 Å². The number of hydrogen-bond donors (Lipinski definition) is 0. The predicted octanol–water partition coefficient (Wildman–Crippen LogP) is 4.74. The van der Waals surface area contributed by atoms with E-state index in [1.807, 2.05) is 54.6 Å². The van der Waals surface area contributed by atoms with Gasteiger partial charge in [0.05, 0.1) is 0 Å². The number of Topliss-reactive ketones (excluding diaryl/α,β-unsaturated/α-hetero) is 1. The van der Waals surface area contributed by atoms with Crippen molar-refractivity contribution in [1.82, 2.24) is 0 Å². The molecule has 0 amide bonds. The zero-order valence-corrected chi connectivity index (χ0v) is 17.4. The van der Waals surface area contributed by atoms with E-state index in [-0.39, 0.29) is 35.3 Å². The molecule has 0 fully saturated rings. The molecular weight excluding hydrogens is 398 g/mol. The maximum absolute atomic E-state index is 13.2. The van der Waals surface area contributed by atoms with Gasteiger partial charge in [-0.05, 0) is 53.0 Å². The van der Waals surface area contributed by atoms with Crippen molar-refractivity contribution >= 4 is 11.4 Å². The van der Waals surface area contributed by atoms with Crippen molar-refractivity contribution in [2.45, 2.75) is 25.2 Å². The molecule has 156 valence electrons. The fraction of sp³-hybridized carbons (Fsp3) is 0.185. The molecule has 0 N–H and O–H groups in total. The normalized spacial score (nSPS) is 15.7. The fourth-order valence-electron chi connectivity index (χ4n) is 4.67.